The zero-order chi connectivity index (χ0) is 14.9. The van der Waals surface area contributed by atoms with E-state index in [2.05, 4.69) is 5.32 Å². The second-order valence-electron chi connectivity index (χ2n) is 5.74. The Balaban J connectivity index is 1.74. The topological polar surface area (TPSA) is 17.0 Å². The summed E-state index contributed by atoms with van der Waals surface area (Å²) in [6.07, 6.45) is -0.225. The average molecular weight is 296 g/mol. The number of nitrogens with one attached hydrogen (secondary N) is 1. The minimum atomic E-state index is -4.07. The monoisotopic (exact) mass is 296 g/mol. The molecule has 0 bridgehead atoms. The van der Waals surface area contributed by atoms with E-state index in [0.29, 0.717) is 12.6 Å². The fourth-order valence-electron chi connectivity index (χ4n) is 2.64. The van der Waals surface area contributed by atoms with Gasteiger partial charge in [0.05, 0.1) is 0 Å². The first-order valence-corrected chi connectivity index (χ1v) is 7.40. The Morgan fingerprint density at radius 3 is 2.67 bits per heavy atom. The van der Waals surface area contributed by atoms with Gasteiger partial charge < -0.3 is 9.88 Å². The van der Waals surface area contributed by atoms with Gasteiger partial charge in [0.25, 0.3) is 0 Å². The molecule has 0 unspecified atom stereocenters. The molecule has 1 aromatic carbocycles. The predicted octanol–water partition coefficient (Wildman–Crippen LogP) is 4.24. The van der Waals surface area contributed by atoms with Crippen LogP contribution >= 0.6 is 0 Å². The van der Waals surface area contributed by atoms with Gasteiger partial charge in [0, 0.05) is 42.7 Å². The highest BCUT2D eigenvalue weighted by Crippen LogP contribution is 2.26. The van der Waals surface area contributed by atoms with Crippen molar-refractivity contribution in [2.24, 2.45) is 0 Å². The number of aryl methyl sites for hydroxylation is 1. The van der Waals surface area contributed by atoms with Crippen LogP contribution in [0.2, 0.25) is 0 Å². The van der Waals surface area contributed by atoms with Crippen LogP contribution in [0.4, 0.5) is 13.2 Å². The highest BCUT2D eigenvalue weighted by molar-refractivity contribution is 5.83. The minimum absolute atomic E-state index is 0.123. The number of para-hydroxylation sites is 1. The summed E-state index contributed by atoms with van der Waals surface area (Å²) >= 11 is 0. The lowest BCUT2D eigenvalue weighted by atomic mass is 10.2. The van der Waals surface area contributed by atoms with Crippen molar-refractivity contribution in [3.05, 3.63) is 36.0 Å². The number of nitrogens with zero attached hydrogens (tertiary/aromatic N) is 1. The molecule has 2 nitrogen and oxygen atoms in total. The molecule has 0 radical (unpaired) electrons. The van der Waals surface area contributed by atoms with E-state index in [-0.39, 0.29) is 6.42 Å². The first-order chi connectivity index (χ1) is 10.0. The molecular formula is C16H19F3N2. The van der Waals surface area contributed by atoms with Crippen molar-refractivity contribution < 1.29 is 13.2 Å². The van der Waals surface area contributed by atoms with Crippen molar-refractivity contribution in [2.45, 2.75) is 51.0 Å². The van der Waals surface area contributed by atoms with Gasteiger partial charge in [0.15, 0.2) is 0 Å². The lowest BCUT2D eigenvalue weighted by Crippen LogP contribution is -2.15. The van der Waals surface area contributed by atoms with Crippen LogP contribution in [0, 0.1) is 0 Å². The van der Waals surface area contributed by atoms with Gasteiger partial charge in [-0.1, -0.05) is 18.2 Å². The first-order valence-electron chi connectivity index (χ1n) is 7.40. The lowest BCUT2D eigenvalue weighted by Gasteiger charge is -2.07. The number of aromatic nitrogens is 1. The first kappa shape index (κ1) is 14.4. The molecule has 2 aromatic rings. The van der Waals surface area contributed by atoms with Crippen molar-refractivity contribution in [2.75, 3.05) is 0 Å². The van der Waals surface area contributed by atoms with E-state index >= 15 is 0 Å². The van der Waals surface area contributed by atoms with Gasteiger partial charge in [-0.15, -0.1) is 0 Å². The van der Waals surface area contributed by atoms with Crippen molar-refractivity contribution >= 4 is 10.9 Å². The van der Waals surface area contributed by atoms with Crippen molar-refractivity contribution in [3.63, 3.8) is 0 Å². The van der Waals surface area contributed by atoms with Crippen molar-refractivity contribution in [1.82, 2.24) is 9.88 Å². The van der Waals surface area contributed by atoms with Crippen LogP contribution in [-0.2, 0) is 13.1 Å². The smallest absolute Gasteiger partial charge is 0.347 e. The Morgan fingerprint density at radius 2 is 1.95 bits per heavy atom. The summed E-state index contributed by atoms with van der Waals surface area (Å²) < 4.78 is 38.8. The zero-order valence-electron chi connectivity index (χ0n) is 11.8. The van der Waals surface area contributed by atoms with E-state index in [1.807, 2.05) is 35.0 Å². The second kappa shape index (κ2) is 5.72. The van der Waals surface area contributed by atoms with Crippen LogP contribution in [0.15, 0.2) is 30.5 Å². The summed E-state index contributed by atoms with van der Waals surface area (Å²) in [5.74, 6) is 0. The van der Waals surface area contributed by atoms with E-state index < -0.39 is 12.6 Å². The molecular weight excluding hydrogens is 277 g/mol. The fourth-order valence-corrected chi connectivity index (χ4v) is 2.64. The Labute approximate surface area is 121 Å². The molecule has 1 N–H and O–H groups in total. The average Bonchev–Trinajstić information content (AvgIpc) is 3.19. The van der Waals surface area contributed by atoms with Gasteiger partial charge in [-0.2, -0.15) is 13.2 Å². The quantitative estimate of drug-likeness (QED) is 0.844. The van der Waals surface area contributed by atoms with Crippen LogP contribution < -0.4 is 5.32 Å². The van der Waals surface area contributed by atoms with E-state index in [1.165, 1.54) is 18.4 Å². The van der Waals surface area contributed by atoms with Gasteiger partial charge in [-0.3, -0.25) is 0 Å². The molecule has 0 aliphatic heterocycles. The summed E-state index contributed by atoms with van der Waals surface area (Å²) in [7, 11) is 0. The molecule has 1 aliphatic rings. The number of fused-ring (bicyclic) bond motifs is 1. The van der Waals surface area contributed by atoms with Gasteiger partial charge in [-0.25, -0.2) is 0 Å². The molecule has 0 spiro atoms. The van der Waals surface area contributed by atoms with Gasteiger partial charge in [-0.05, 0) is 30.9 Å². The summed E-state index contributed by atoms with van der Waals surface area (Å²) in [5, 5.41) is 4.60. The number of benzene rings is 1. The van der Waals surface area contributed by atoms with E-state index in [1.54, 1.807) is 0 Å². The molecule has 1 saturated carbocycles. The maximum absolute atomic E-state index is 12.3. The Hall–Kier alpha value is -1.49. The minimum Gasteiger partial charge on any atom is -0.347 e. The maximum Gasteiger partial charge on any atom is 0.389 e. The highest BCUT2D eigenvalue weighted by Gasteiger charge is 2.26. The predicted molar refractivity (Wildman–Crippen MR) is 77.1 cm³/mol. The molecule has 0 saturated heterocycles. The van der Waals surface area contributed by atoms with E-state index in [0.717, 1.165) is 17.4 Å². The third-order valence-electron chi connectivity index (χ3n) is 3.89. The third kappa shape index (κ3) is 3.79. The SMILES string of the molecule is FC(F)(F)CCCn1cc(CNC2CC2)c2ccccc21. The molecule has 3 rings (SSSR count). The summed E-state index contributed by atoms with van der Waals surface area (Å²) in [5.41, 5.74) is 2.19. The summed E-state index contributed by atoms with van der Waals surface area (Å²) in [6.45, 7) is 1.20. The normalized spacial score (nSPS) is 15.8. The molecule has 0 atom stereocenters. The second-order valence-corrected chi connectivity index (χ2v) is 5.74. The van der Waals surface area contributed by atoms with Gasteiger partial charge >= 0.3 is 6.18 Å². The van der Waals surface area contributed by atoms with Crippen LogP contribution in [-0.4, -0.2) is 16.8 Å². The number of rotatable bonds is 6. The fraction of sp³-hybridized carbons (Fsp3) is 0.500. The van der Waals surface area contributed by atoms with Gasteiger partial charge in [0.1, 0.15) is 0 Å². The Bertz CT molecular complexity index is 611. The molecule has 1 aromatic heterocycles. The van der Waals surface area contributed by atoms with Gasteiger partial charge in [0.2, 0.25) is 0 Å². The van der Waals surface area contributed by atoms with Crippen LogP contribution in [0.1, 0.15) is 31.2 Å². The molecule has 1 heterocycles. The zero-order valence-corrected chi connectivity index (χ0v) is 11.8. The highest BCUT2D eigenvalue weighted by atomic mass is 19.4. The van der Waals surface area contributed by atoms with E-state index in [9.17, 15) is 13.2 Å². The maximum atomic E-state index is 12.3. The van der Waals surface area contributed by atoms with Crippen LogP contribution in [0.3, 0.4) is 0 Å². The van der Waals surface area contributed by atoms with Crippen molar-refractivity contribution in [1.29, 1.82) is 0 Å². The number of hydrogen-bond acceptors (Lipinski definition) is 1. The number of hydrogen-bond donors (Lipinski definition) is 1. The Kier molecular flexibility index (Phi) is 3.93. The molecule has 1 aliphatic carbocycles. The largest absolute Gasteiger partial charge is 0.389 e. The molecule has 21 heavy (non-hydrogen) atoms. The molecule has 1 fully saturated rings. The molecule has 0 amide bonds. The standard InChI is InChI=1S/C16H19F3N2/c17-16(18,19)8-3-9-21-11-12(10-20-13-6-7-13)14-4-1-2-5-15(14)21/h1-2,4-5,11,13,20H,3,6-10H2. The number of halogens is 3. The third-order valence-corrected chi connectivity index (χ3v) is 3.89. The molecule has 114 valence electrons. The van der Waals surface area contributed by atoms with Crippen LogP contribution in [0.25, 0.3) is 10.9 Å². The van der Waals surface area contributed by atoms with Crippen LogP contribution in [0.5, 0.6) is 0 Å². The van der Waals surface area contributed by atoms with Crippen molar-refractivity contribution in [3.8, 4) is 0 Å². The Morgan fingerprint density at radius 1 is 1.19 bits per heavy atom. The molecule has 5 heteroatoms. The lowest BCUT2D eigenvalue weighted by molar-refractivity contribution is -0.135. The summed E-state index contributed by atoms with van der Waals surface area (Å²) in [6, 6.07) is 8.55. The summed E-state index contributed by atoms with van der Waals surface area (Å²) in [4.78, 5) is 0. The van der Waals surface area contributed by atoms with E-state index in [4.69, 9.17) is 0 Å². The number of alkyl halides is 3.